The van der Waals surface area contributed by atoms with Gasteiger partial charge in [0.1, 0.15) is 17.3 Å². The van der Waals surface area contributed by atoms with E-state index in [1.807, 2.05) is 31.2 Å². The molecule has 3 rings (SSSR count). The van der Waals surface area contributed by atoms with Gasteiger partial charge >= 0.3 is 0 Å². The molecule has 0 bridgehead atoms. The largest absolute Gasteiger partial charge is 0.469 e. The zero-order valence-electron chi connectivity index (χ0n) is 16.6. The molecule has 3 aromatic rings. The lowest BCUT2D eigenvalue weighted by atomic mass is 10.1. The van der Waals surface area contributed by atoms with Gasteiger partial charge in [-0.25, -0.2) is 0 Å². The number of thiophene rings is 1. The summed E-state index contributed by atoms with van der Waals surface area (Å²) in [6.07, 6.45) is 1.70. The topological polar surface area (TPSA) is 26.3 Å². The Morgan fingerprint density at radius 1 is 0.800 bits per heavy atom. The Morgan fingerprint density at radius 3 is 1.72 bits per heavy atom. The Labute approximate surface area is 156 Å². The Kier molecular flexibility index (Phi) is 9.36. The zero-order chi connectivity index (χ0) is 18.8. The summed E-state index contributed by atoms with van der Waals surface area (Å²) in [4.78, 5) is 0. The SMILES string of the molecule is CC(C)c1ccco1.CC(C)c1ccsc1.Cc1ccc(C(C)C)o1. The van der Waals surface area contributed by atoms with Gasteiger partial charge in [0.05, 0.1) is 6.26 Å². The maximum Gasteiger partial charge on any atom is 0.106 e. The van der Waals surface area contributed by atoms with E-state index in [1.54, 1.807) is 17.6 Å². The second-order valence-electron chi connectivity index (χ2n) is 6.98. The molecule has 138 valence electrons. The molecule has 0 fully saturated rings. The Balaban J connectivity index is 0.000000188. The van der Waals surface area contributed by atoms with Crippen LogP contribution in [0.15, 0.2) is 56.2 Å². The van der Waals surface area contributed by atoms with Crippen molar-refractivity contribution in [2.75, 3.05) is 0 Å². The van der Waals surface area contributed by atoms with Gasteiger partial charge in [-0.3, -0.25) is 0 Å². The average Bonchev–Trinajstić information content (AvgIpc) is 3.31. The van der Waals surface area contributed by atoms with Crippen LogP contribution < -0.4 is 0 Å². The first-order valence-corrected chi connectivity index (χ1v) is 9.87. The van der Waals surface area contributed by atoms with E-state index in [4.69, 9.17) is 8.83 Å². The van der Waals surface area contributed by atoms with Gasteiger partial charge in [-0.05, 0) is 59.5 Å². The molecule has 0 aliphatic rings. The van der Waals surface area contributed by atoms with Gasteiger partial charge in [0.15, 0.2) is 0 Å². The lowest BCUT2D eigenvalue weighted by molar-refractivity contribution is 0.463. The van der Waals surface area contributed by atoms with Gasteiger partial charge in [0.2, 0.25) is 0 Å². The second kappa shape index (κ2) is 11.0. The molecule has 0 N–H and O–H groups in total. The molecule has 0 saturated heterocycles. The van der Waals surface area contributed by atoms with Crippen LogP contribution in [0.5, 0.6) is 0 Å². The molecule has 2 nitrogen and oxygen atoms in total. The molecule has 0 amide bonds. The van der Waals surface area contributed by atoms with Crippen LogP contribution in [0.4, 0.5) is 0 Å². The van der Waals surface area contributed by atoms with Crippen LogP contribution in [0, 0.1) is 6.92 Å². The van der Waals surface area contributed by atoms with Crippen molar-refractivity contribution < 1.29 is 8.83 Å². The van der Waals surface area contributed by atoms with E-state index in [0.717, 1.165) is 17.3 Å². The van der Waals surface area contributed by atoms with E-state index in [0.29, 0.717) is 17.8 Å². The number of hydrogen-bond acceptors (Lipinski definition) is 3. The Bertz CT molecular complexity index is 621. The molecule has 0 radical (unpaired) electrons. The molecule has 0 unspecified atom stereocenters. The monoisotopic (exact) mass is 360 g/mol. The molecule has 0 atom stereocenters. The normalized spacial score (nSPS) is 10.5. The first-order valence-electron chi connectivity index (χ1n) is 8.93. The Hall–Kier alpha value is -1.74. The van der Waals surface area contributed by atoms with Gasteiger partial charge in [0, 0.05) is 11.8 Å². The number of rotatable bonds is 3. The first-order chi connectivity index (χ1) is 11.8. The van der Waals surface area contributed by atoms with Crippen molar-refractivity contribution in [1.82, 2.24) is 0 Å². The molecular weight excluding hydrogens is 328 g/mol. The summed E-state index contributed by atoms with van der Waals surface area (Å²) in [7, 11) is 0. The minimum absolute atomic E-state index is 0.513. The molecule has 25 heavy (non-hydrogen) atoms. The van der Waals surface area contributed by atoms with E-state index < -0.39 is 0 Å². The fraction of sp³-hybridized carbons (Fsp3) is 0.455. The molecular formula is C22H32O2S. The molecule has 0 saturated carbocycles. The third-order valence-electron chi connectivity index (χ3n) is 3.65. The van der Waals surface area contributed by atoms with Crippen LogP contribution in [-0.4, -0.2) is 0 Å². The van der Waals surface area contributed by atoms with Crippen molar-refractivity contribution in [3.63, 3.8) is 0 Å². The Morgan fingerprint density at radius 2 is 1.48 bits per heavy atom. The lowest BCUT2D eigenvalue weighted by Crippen LogP contribution is -1.79. The first kappa shape index (κ1) is 21.3. The lowest BCUT2D eigenvalue weighted by Gasteiger charge is -1.96. The number of hydrogen-bond donors (Lipinski definition) is 0. The second-order valence-corrected chi connectivity index (χ2v) is 7.76. The third kappa shape index (κ3) is 8.26. The van der Waals surface area contributed by atoms with Crippen molar-refractivity contribution in [1.29, 1.82) is 0 Å². The molecule has 0 aliphatic heterocycles. The van der Waals surface area contributed by atoms with Gasteiger partial charge < -0.3 is 8.83 Å². The summed E-state index contributed by atoms with van der Waals surface area (Å²) in [6.45, 7) is 14.9. The molecule has 0 aromatic carbocycles. The van der Waals surface area contributed by atoms with Crippen molar-refractivity contribution in [2.45, 2.75) is 66.2 Å². The minimum atomic E-state index is 0.513. The van der Waals surface area contributed by atoms with Crippen LogP contribution in [0.25, 0.3) is 0 Å². The standard InChI is InChI=1S/C8H12O.C7H10O.C7H10S/c1-6(2)8-5-4-7(3)9-8;1-6(2)7-4-3-5-8-7;1-6(2)7-3-4-8-5-7/h4-6H,1-3H3;2*3-6H,1-2H3. The summed E-state index contributed by atoms with van der Waals surface area (Å²) in [5.41, 5.74) is 1.45. The zero-order valence-corrected chi connectivity index (χ0v) is 17.4. The predicted molar refractivity (Wildman–Crippen MR) is 109 cm³/mol. The van der Waals surface area contributed by atoms with Crippen LogP contribution in [0.3, 0.4) is 0 Å². The number of aryl methyl sites for hydroxylation is 1. The average molecular weight is 361 g/mol. The fourth-order valence-corrected chi connectivity index (χ4v) is 2.81. The summed E-state index contributed by atoms with van der Waals surface area (Å²) in [6, 6.07) is 10.1. The predicted octanol–water partition coefficient (Wildman–Crippen LogP) is 7.99. The van der Waals surface area contributed by atoms with Crippen molar-refractivity contribution in [3.8, 4) is 0 Å². The maximum absolute atomic E-state index is 5.34. The van der Waals surface area contributed by atoms with Gasteiger partial charge in [-0.15, -0.1) is 0 Å². The van der Waals surface area contributed by atoms with Crippen LogP contribution in [0.1, 0.15) is 82.1 Å². The van der Waals surface area contributed by atoms with Crippen molar-refractivity contribution in [2.24, 2.45) is 0 Å². The highest BCUT2D eigenvalue weighted by atomic mass is 32.1. The summed E-state index contributed by atoms with van der Waals surface area (Å²) in [5, 5.41) is 4.32. The highest BCUT2D eigenvalue weighted by molar-refractivity contribution is 7.07. The maximum atomic E-state index is 5.34. The van der Waals surface area contributed by atoms with Crippen LogP contribution >= 0.6 is 11.3 Å². The van der Waals surface area contributed by atoms with Crippen LogP contribution in [0.2, 0.25) is 0 Å². The summed E-state index contributed by atoms with van der Waals surface area (Å²) in [5.74, 6) is 4.86. The van der Waals surface area contributed by atoms with Crippen molar-refractivity contribution >= 4 is 11.3 Å². The molecule has 3 heteroatoms. The summed E-state index contributed by atoms with van der Waals surface area (Å²) >= 11 is 1.77. The third-order valence-corrected chi connectivity index (χ3v) is 4.35. The highest BCUT2D eigenvalue weighted by Gasteiger charge is 2.01. The molecule has 0 aliphatic carbocycles. The van der Waals surface area contributed by atoms with Gasteiger partial charge in [-0.1, -0.05) is 41.5 Å². The smallest absolute Gasteiger partial charge is 0.106 e. The van der Waals surface area contributed by atoms with E-state index in [-0.39, 0.29) is 0 Å². The van der Waals surface area contributed by atoms with E-state index in [2.05, 4.69) is 58.4 Å². The molecule has 3 aromatic heterocycles. The molecule has 0 spiro atoms. The fourth-order valence-electron chi connectivity index (χ4n) is 1.99. The van der Waals surface area contributed by atoms with E-state index >= 15 is 0 Å². The van der Waals surface area contributed by atoms with Gasteiger partial charge in [-0.2, -0.15) is 11.3 Å². The number of furan rings is 2. The quantitative estimate of drug-likeness (QED) is 0.473. The minimum Gasteiger partial charge on any atom is -0.469 e. The van der Waals surface area contributed by atoms with Crippen molar-refractivity contribution in [3.05, 3.63) is 70.2 Å². The van der Waals surface area contributed by atoms with E-state index in [1.165, 1.54) is 5.56 Å². The molecule has 3 heterocycles. The summed E-state index contributed by atoms with van der Waals surface area (Å²) < 4.78 is 10.4. The van der Waals surface area contributed by atoms with E-state index in [9.17, 15) is 0 Å². The highest BCUT2D eigenvalue weighted by Crippen LogP contribution is 2.17. The van der Waals surface area contributed by atoms with Gasteiger partial charge in [0.25, 0.3) is 0 Å². The van der Waals surface area contributed by atoms with Crippen LogP contribution in [-0.2, 0) is 0 Å².